The van der Waals surface area contributed by atoms with Crippen LogP contribution in [0.4, 0.5) is 0 Å². The highest BCUT2D eigenvalue weighted by Gasteiger charge is 2.65. The second kappa shape index (κ2) is 3.48. The first-order valence-corrected chi connectivity index (χ1v) is 6.83. The maximum Gasteiger partial charge on any atom is 0.240 e. The fourth-order valence-electron chi connectivity index (χ4n) is 4.12. The average Bonchev–Trinajstić information content (AvgIpc) is 2.76. The summed E-state index contributed by atoms with van der Waals surface area (Å²) in [5.74, 6) is 3.17. The molecule has 0 spiro atoms. The zero-order valence-electron chi connectivity index (χ0n) is 10.6. The number of carbonyl (C=O) groups excluding carboxylic acids is 1. The molecule has 0 heterocycles. The van der Waals surface area contributed by atoms with E-state index in [-0.39, 0.29) is 5.91 Å². The molecule has 92 valence electrons. The maximum absolute atomic E-state index is 12.1. The van der Waals surface area contributed by atoms with Gasteiger partial charge in [-0.1, -0.05) is 6.92 Å². The SMILES string of the molecule is CCC(C)(C#N)C(=O)NC1C2C3CCC(C3)C12. The van der Waals surface area contributed by atoms with Crippen LogP contribution < -0.4 is 5.32 Å². The van der Waals surface area contributed by atoms with Crippen molar-refractivity contribution < 1.29 is 4.79 Å². The van der Waals surface area contributed by atoms with Crippen LogP contribution in [0.25, 0.3) is 0 Å². The lowest BCUT2D eigenvalue weighted by molar-refractivity contribution is -0.128. The molecule has 3 nitrogen and oxygen atoms in total. The number of carbonyl (C=O) groups is 1. The Morgan fingerprint density at radius 2 is 2.00 bits per heavy atom. The largest absolute Gasteiger partial charge is 0.351 e. The molecule has 0 aliphatic heterocycles. The van der Waals surface area contributed by atoms with Crippen molar-refractivity contribution in [3.63, 3.8) is 0 Å². The van der Waals surface area contributed by atoms with Crippen LogP contribution in [0.5, 0.6) is 0 Å². The van der Waals surface area contributed by atoms with Crippen LogP contribution in [0.2, 0.25) is 0 Å². The zero-order chi connectivity index (χ0) is 12.2. The van der Waals surface area contributed by atoms with E-state index in [2.05, 4.69) is 11.4 Å². The van der Waals surface area contributed by atoms with E-state index in [0.717, 1.165) is 23.7 Å². The van der Waals surface area contributed by atoms with Gasteiger partial charge in [-0.15, -0.1) is 0 Å². The van der Waals surface area contributed by atoms with E-state index in [9.17, 15) is 4.79 Å². The Labute approximate surface area is 103 Å². The molecule has 5 atom stereocenters. The monoisotopic (exact) mass is 232 g/mol. The number of hydrogen-bond donors (Lipinski definition) is 1. The Kier molecular flexibility index (Phi) is 2.26. The molecule has 5 unspecified atom stereocenters. The minimum atomic E-state index is -0.837. The molecule has 1 amide bonds. The first-order chi connectivity index (χ1) is 8.10. The molecule has 3 rings (SSSR count). The Hall–Kier alpha value is -1.04. The molecule has 0 aromatic heterocycles. The first kappa shape index (κ1) is 11.1. The van der Waals surface area contributed by atoms with Gasteiger partial charge in [0.05, 0.1) is 6.07 Å². The quantitative estimate of drug-likeness (QED) is 0.810. The molecule has 0 saturated heterocycles. The molecule has 3 aliphatic rings. The molecule has 0 aromatic rings. The predicted molar refractivity (Wildman–Crippen MR) is 63.8 cm³/mol. The standard InChI is InChI=1S/C14H20N2O/c1-3-14(2,7-15)13(17)16-12-10-8-4-5-9(6-8)11(10)12/h8-12H,3-6H2,1-2H3,(H,16,17). The van der Waals surface area contributed by atoms with E-state index in [1.165, 1.54) is 19.3 Å². The number of amides is 1. The molecule has 0 aromatic carbocycles. The molecule has 1 N–H and O–H groups in total. The topological polar surface area (TPSA) is 52.9 Å². The third-order valence-electron chi connectivity index (χ3n) is 5.49. The van der Waals surface area contributed by atoms with E-state index < -0.39 is 5.41 Å². The summed E-state index contributed by atoms with van der Waals surface area (Å²) < 4.78 is 0. The van der Waals surface area contributed by atoms with Crippen LogP contribution in [0, 0.1) is 40.4 Å². The Balaban J connectivity index is 1.64. The number of nitrogens with zero attached hydrogens (tertiary/aromatic N) is 1. The first-order valence-electron chi connectivity index (χ1n) is 6.83. The van der Waals surface area contributed by atoms with Crippen LogP contribution in [-0.2, 0) is 4.79 Å². The van der Waals surface area contributed by atoms with Crippen LogP contribution in [0.3, 0.4) is 0 Å². The van der Waals surface area contributed by atoms with Crippen molar-refractivity contribution in [2.45, 2.75) is 45.6 Å². The summed E-state index contributed by atoms with van der Waals surface area (Å²) in [4.78, 5) is 12.1. The average molecular weight is 232 g/mol. The van der Waals surface area contributed by atoms with Crippen LogP contribution in [0.15, 0.2) is 0 Å². The maximum atomic E-state index is 12.1. The van der Waals surface area contributed by atoms with E-state index in [1.807, 2.05) is 6.92 Å². The van der Waals surface area contributed by atoms with Crippen LogP contribution in [-0.4, -0.2) is 11.9 Å². The minimum absolute atomic E-state index is 0.0544. The molecule has 3 aliphatic carbocycles. The van der Waals surface area contributed by atoms with Gasteiger partial charge in [0.15, 0.2) is 0 Å². The zero-order valence-corrected chi connectivity index (χ0v) is 10.6. The number of nitriles is 1. The highest BCUT2D eigenvalue weighted by atomic mass is 16.2. The Bertz CT molecular complexity index is 384. The lowest BCUT2D eigenvalue weighted by Crippen LogP contribution is -2.40. The normalized spacial score (nSPS) is 44.6. The van der Waals surface area contributed by atoms with E-state index in [1.54, 1.807) is 6.92 Å². The van der Waals surface area contributed by atoms with Gasteiger partial charge in [0.1, 0.15) is 5.41 Å². The third kappa shape index (κ3) is 1.43. The van der Waals surface area contributed by atoms with Crippen molar-refractivity contribution in [2.75, 3.05) is 0 Å². The van der Waals surface area contributed by atoms with Gasteiger partial charge in [0.2, 0.25) is 5.91 Å². The fourth-order valence-corrected chi connectivity index (χ4v) is 4.12. The van der Waals surface area contributed by atoms with Crippen molar-refractivity contribution in [3.8, 4) is 6.07 Å². The predicted octanol–water partition coefficient (Wildman–Crippen LogP) is 2.09. The summed E-state index contributed by atoms with van der Waals surface area (Å²) in [6.45, 7) is 3.65. The smallest absolute Gasteiger partial charge is 0.240 e. The molecule has 3 heteroatoms. The van der Waals surface area contributed by atoms with Crippen molar-refractivity contribution in [2.24, 2.45) is 29.1 Å². The summed E-state index contributed by atoms with van der Waals surface area (Å²) in [7, 11) is 0. The van der Waals surface area contributed by atoms with Crippen molar-refractivity contribution >= 4 is 5.91 Å². The minimum Gasteiger partial charge on any atom is -0.351 e. The van der Waals surface area contributed by atoms with E-state index >= 15 is 0 Å². The number of rotatable bonds is 3. The second-order valence-corrected chi connectivity index (χ2v) is 6.28. The van der Waals surface area contributed by atoms with Crippen LogP contribution >= 0.6 is 0 Å². The van der Waals surface area contributed by atoms with E-state index in [0.29, 0.717) is 12.5 Å². The second-order valence-electron chi connectivity index (χ2n) is 6.28. The highest BCUT2D eigenvalue weighted by Crippen LogP contribution is 2.65. The molecule has 2 bridgehead atoms. The van der Waals surface area contributed by atoms with Gasteiger partial charge in [-0.3, -0.25) is 4.79 Å². The van der Waals surface area contributed by atoms with Crippen molar-refractivity contribution in [3.05, 3.63) is 0 Å². The molecular formula is C14H20N2O. The molecular weight excluding hydrogens is 212 g/mol. The van der Waals surface area contributed by atoms with Gasteiger partial charge >= 0.3 is 0 Å². The number of hydrogen-bond acceptors (Lipinski definition) is 2. The van der Waals surface area contributed by atoms with E-state index in [4.69, 9.17) is 5.26 Å². The summed E-state index contributed by atoms with van der Waals surface area (Å²) >= 11 is 0. The van der Waals surface area contributed by atoms with Gasteiger partial charge in [-0.25, -0.2) is 0 Å². The molecule has 0 radical (unpaired) electrons. The lowest BCUT2D eigenvalue weighted by Gasteiger charge is -2.20. The van der Waals surface area contributed by atoms with Gasteiger partial charge in [0.25, 0.3) is 0 Å². The van der Waals surface area contributed by atoms with Crippen LogP contribution in [0.1, 0.15) is 39.5 Å². The van der Waals surface area contributed by atoms with Gasteiger partial charge in [0, 0.05) is 6.04 Å². The van der Waals surface area contributed by atoms with Crippen molar-refractivity contribution in [1.29, 1.82) is 5.26 Å². The van der Waals surface area contributed by atoms with Gasteiger partial charge < -0.3 is 5.32 Å². The van der Waals surface area contributed by atoms with Crippen molar-refractivity contribution in [1.82, 2.24) is 5.32 Å². The van der Waals surface area contributed by atoms with Gasteiger partial charge in [-0.2, -0.15) is 5.26 Å². The summed E-state index contributed by atoms with van der Waals surface area (Å²) in [5.41, 5.74) is -0.837. The van der Waals surface area contributed by atoms with Gasteiger partial charge in [-0.05, 0) is 56.3 Å². The molecule has 17 heavy (non-hydrogen) atoms. The molecule has 3 saturated carbocycles. The third-order valence-corrected chi connectivity index (χ3v) is 5.49. The fraction of sp³-hybridized carbons (Fsp3) is 0.857. The number of fused-ring (bicyclic) bond motifs is 5. The lowest BCUT2D eigenvalue weighted by atomic mass is 9.88. The molecule has 3 fully saturated rings. The number of nitrogens with one attached hydrogen (secondary N) is 1. The Morgan fingerprint density at radius 3 is 2.47 bits per heavy atom. The summed E-state index contributed by atoms with van der Waals surface area (Å²) in [6, 6.07) is 2.55. The summed E-state index contributed by atoms with van der Waals surface area (Å²) in [6.07, 6.45) is 4.71. The highest BCUT2D eigenvalue weighted by molar-refractivity contribution is 5.85. The Morgan fingerprint density at radius 1 is 1.41 bits per heavy atom. The summed E-state index contributed by atoms with van der Waals surface area (Å²) in [5, 5.41) is 12.2.